The summed E-state index contributed by atoms with van der Waals surface area (Å²) in [5, 5.41) is 13.8. The Balaban J connectivity index is 1.72. The highest BCUT2D eigenvalue weighted by Gasteiger charge is 2.17. The van der Waals surface area contributed by atoms with Gasteiger partial charge < -0.3 is 9.30 Å². The van der Waals surface area contributed by atoms with Crippen molar-refractivity contribution in [1.29, 1.82) is 0 Å². The number of nitrogens with zero attached hydrogens (tertiary/aromatic N) is 6. The first-order chi connectivity index (χ1) is 15.1. The van der Waals surface area contributed by atoms with Crippen molar-refractivity contribution < 1.29 is 9.13 Å². The number of rotatable bonds is 5. The largest absolute Gasteiger partial charge is 0.380 e. The van der Waals surface area contributed by atoms with Gasteiger partial charge in [-0.25, -0.2) is 9.37 Å². The summed E-state index contributed by atoms with van der Waals surface area (Å²) in [6.07, 6.45) is 5.36. The molecular weight excluding hydrogens is 395 g/mol. The third-order valence-corrected chi connectivity index (χ3v) is 5.52. The van der Waals surface area contributed by atoms with Gasteiger partial charge in [0, 0.05) is 43.4 Å². The van der Waals surface area contributed by atoms with E-state index in [0.29, 0.717) is 17.8 Å². The molecular formula is C23H21FN6O. The van der Waals surface area contributed by atoms with E-state index < -0.39 is 0 Å². The van der Waals surface area contributed by atoms with Crippen LogP contribution in [-0.4, -0.2) is 36.6 Å². The monoisotopic (exact) mass is 416 g/mol. The van der Waals surface area contributed by atoms with Crippen LogP contribution in [0.25, 0.3) is 44.3 Å². The number of benzene rings is 2. The predicted octanol–water partition coefficient (Wildman–Crippen LogP) is 4.35. The summed E-state index contributed by atoms with van der Waals surface area (Å²) >= 11 is 0. The second-order valence-electron chi connectivity index (χ2n) is 7.42. The minimum Gasteiger partial charge on any atom is -0.380 e. The SMILES string of the molecule is CCn1cnc2c(-c3ccc(F)c(-c4ccc5nn(C)cc5c4COC)c3)cnnc21. The molecule has 0 fully saturated rings. The Kier molecular flexibility index (Phi) is 4.71. The highest BCUT2D eigenvalue weighted by molar-refractivity contribution is 5.92. The molecule has 5 rings (SSSR count). The highest BCUT2D eigenvalue weighted by atomic mass is 19.1. The average molecular weight is 416 g/mol. The molecule has 0 aliphatic carbocycles. The van der Waals surface area contributed by atoms with Gasteiger partial charge in [-0.2, -0.15) is 10.2 Å². The van der Waals surface area contributed by atoms with Gasteiger partial charge in [0.25, 0.3) is 0 Å². The molecule has 156 valence electrons. The van der Waals surface area contributed by atoms with E-state index in [2.05, 4.69) is 20.3 Å². The van der Waals surface area contributed by atoms with Crippen molar-refractivity contribution >= 4 is 22.1 Å². The van der Waals surface area contributed by atoms with Gasteiger partial charge >= 0.3 is 0 Å². The fourth-order valence-electron chi connectivity index (χ4n) is 4.04. The number of hydrogen-bond acceptors (Lipinski definition) is 5. The summed E-state index contributed by atoms with van der Waals surface area (Å²) in [6.45, 7) is 3.12. The summed E-state index contributed by atoms with van der Waals surface area (Å²) in [7, 11) is 3.50. The fourth-order valence-corrected chi connectivity index (χ4v) is 4.04. The zero-order valence-electron chi connectivity index (χ0n) is 17.5. The number of fused-ring (bicyclic) bond motifs is 2. The van der Waals surface area contributed by atoms with E-state index in [1.807, 2.05) is 42.9 Å². The Labute approximate surface area is 178 Å². The highest BCUT2D eigenvalue weighted by Crippen LogP contribution is 2.35. The molecule has 7 nitrogen and oxygen atoms in total. The Morgan fingerprint density at radius 3 is 2.77 bits per heavy atom. The molecule has 0 bridgehead atoms. The fraction of sp³-hybridized carbons (Fsp3) is 0.217. The molecule has 0 aliphatic rings. The van der Waals surface area contributed by atoms with Crippen molar-refractivity contribution in [1.82, 2.24) is 29.5 Å². The molecule has 0 aliphatic heterocycles. The van der Waals surface area contributed by atoms with E-state index in [-0.39, 0.29) is 5.82 Å². The number of aromatic nitrogens is 6. The van der Waals surface area contributed by atoms with Crippen LogP contribution >= 0.6 is 0 Å². The first-order valence-corrected chi connectivity index (χ1v) is 10.0. The molecule has 0 radical (unpaired) electrons. The quantitative estimate of drug-likeness (QED) is 0.426. The van der Waals surface area contributed by atoms with Gasteiger partial charge in [-0.3, -0.25) is 4.68 Å². The average Bonchev–Trinajstić information content (AvgIpc) is 3.37. The topological polar surface area (TPSA) is 70.7 Å². The molecule has 31 heavy (non-hydrogen) atoms. The Morgan fingerprint density at radius 2 is 1.97 bits per heavy atom. The minimum atomic E-state index is -0.304. The van der Waals surface area contributed by atoms with Crippen LogP contribution in [-0.2, 0) is 24.9 Å². The van der Waals surface area contributed by atoms with Crippen LogP contribution in [0, 0.1) is 5.82 Å². The Morgan fingerprint density at radius 1 is 1.10 bits per heavy atom. The zero-order valence-corrected chi connectivity index (χ0v) is 17.5. The van der Waals surface area contributed by atoms with E-state index in [9.17, 15) is 0 Å². The van der Waals surface area contributed by atoms with Crippen LogP contribution in [0.5, 0.6) is 0 Å². The normalized spacial score (nSPS) is 11.6. The lowest BCUT2D eigenvalue weighted by Gasteiger charge is -2.13. The molecule has 0 saturated carbocycles. The van der Waals surface area contributed by atoms with Crippen LogP contribution in [0.4, 0.5) is 4.39 Å². The van der Waals surface area contributed by atoms with Gasteiger partial charge in [0.1, 0.15) is 11.3 Å². The molecule has 0 N–H and O–H groups in total. The van der Waals surface area contributed by atoms with Gasteiger partial charge in [-0.1, -0.05) is 12.1 Å². The molecule has 0 amide bonds. The van der Waals surface area contributed by atoms with Gasteiger partial charge in [-0.15, -0.1) is 5.10 Å². The first-order valence-electron chi connectivity index (χ1n) is 10.0. The van der Waals surface area contributed by atoms with Crippen LogP contribution in [0.2, 0.25) is 0 Å². The summed E-state index contributed by atoms with van der Waals surface area (Å²) < 4.78 is 24.2. The Bertz CT molecular complexity index is 1420. The lowest BCUT2D eigenvalue weighted by atomic mass is 9.94. The van der Waals surface area contributed by atoms with Crippen molar-refractivity contribution in [3.8, 4) is 22.3 Å². The third kappa shape index (κ3) is 3.16. The number of hydrogen-bond donors (Lipinski definition) is 0. The van der Waals surface area contributed by atoms with Crippen molar-refractivity contribution in [3.63, 3.8) is 0 Å². The van der Waals surface area contributed by atoms with Crippen molar-refractivity contribution in [3.05, 3.63) is 60.4 Å². The van der Waals surface area contributed by atoms with E-state index in [1.54, 1.807) is 30.4 Å². The number of imidazole rings is 1. The summed E-state index contributed by atoms with van der Waals surface area (Å²) in [6, 6.07) is 8.88. The second-order valence-corrected chi connectivity index (χ2v) is 7.42. The molecule has 0 saturated heterocycles. The van der Waals surface area contributed by atoms with Crippen LogP contribution in [0.3, 0.4) is 0 Å². The molecule has 5 aromatic rings. The first kappa shape index (κ1) is 19.3. The van der Waals surface area contributed by atoms with Gasteiger partial charge in [0.05, 0.1) is 24.6 Å². The third-order valence-electron chi connectivity index (χ3n) is 5.52. The minimum absolute atomic E-state index is 0.304. The molecule has 0 spiro atoms. The van der Waals surface area contributed by atoms with E-state index in [1.165, 1.54) is 6.07 Å². The van der Waals surface area contributed by atoms with Crippen LogP contribution < -0.4 is 0 Å². The molecule has 0 atom stereocenters. The lowest BCUT2D eigenvalue weighted by Crippen LogP contribution is -1.97. The summed E-state index contributed by atoms with van der Waals surface area (Å²) in [5.74, 6) is -0.304. The number of methoxy groups -OCH3 is 1. The van der Waals surface area contributed by atoms with E-state index in [4.69, 9.17) is 4.74 Å². The standard InChI is InChI=1S/C23H21FN6O/c1-4-30-13-25-22-17(10-26-27-23(22)30)14-5-7-20(24)16(9-14)15-6-8-21-18(11-29(2)28-21)19(15)12-31-3/h5-11,13H,4,12H2,1-3H3. The molecule has 2 aromatic carbocycles. The second kappa shape index (κ2) is 7.55. The van der Waals surface area contributed by atoms with Crippen molar-refractivity contribution in [2.45, 2.75) is 20.1 Å². The van der Waals surface area contributed by atoms with Crippen molar-refractivity contribution in [2.75, 3.05) is 7.11 Å². The van der Waals surface area contributed by atoms with Crippen LogP contribution in [0.1, 0.15) is 12.5 Å². The number of ether oxygens (including phenoxy) is 1. The molecule has 8 heteroatoms. The zero-order chi connectivity index (χ0) is 21.5. The number of aryl methyl sites for hydroxylation is 2. The van der Waals surface area contributed by atoms with Gasteiger partial charge in [-0.05, 0) is 41.8 Å². The molecule has 3 heterocycles. The maximum absolute atomic E-state index is 15.1. The predicted molar refractivity (Wildman–Crippen MR) is 117 cm³/mol. The van der Waals surface area contributed by atoms with Crippen LogP contribution in [0.15, 0.2) is 49.1 Å². The summed E-state index contributed by atoms with van der Waals surface area (Å²) in [5.41, 5.74) is 6.12. The smallest absolute Gasteiger partial charge is 0.183 e. The lowest BCUT2D eigenvalue weighted by molar-refractivity contribution is 0.186. The maximum atomic E-state index is 15.1. The van der Waals surface area contributed by atoms with E-state index in [0.717, 1.165) is 45.2 Å². The molecule has 3 aromatic heterocycles. The Hall–Kier alpha value is -3.65. The molecule has 0 unspecified atom stereocenters. The van der Waals surface area contributed by atoms with Crippen molar-refractivity contribution in [2.24, 2.45) is 7.05 Å². The van der Waals surface area contributed by atoms with Gasteiger partial charge in [0.15, 0.2) is 5.65 Å². The van der Waals surface area contributed by atoms with E-state index >= 15 is 4.39 Å². The summed E-state index contributed by atoms with van der Waals surface area (Å²) in [4.78, 5) is 4.52. The maximum Gasteiger partial charge on any atom is 0.183 e. The van der Waals surface area contributed by atoms with Gasteiger partial charge in [0.2, 0.25) is 0 Å². The number of halogens is 1.